The van der Waals surface area contributed by atoms with Crippen LogP contribution in [0.5, 0.6) is 5.75 Å². The van der Waals surface area contributed by atoms with E-state index in [4.69, 9.17) is 4.74 Å². The van der Waals surface area contributed by atoms with Crippen LogP contribution in [-0.4, -0.2) is 103 Å². The zero-order valence-electron chi connectivity index (χ0n) is 21.8. The lowest BCUT2D eigenvalue weighted by molar-refractivity contribution is -0.130. The summed E-state index contributed by atoms with van der Waals surface area (Å²) in [7, 11) is -3.99. The second kappa shape index (κ2) is 11.5. The molecule has 2 aliphatic heterocycles. The van der Waals surface area contributed by atoms with Crippen LogP contribution < -0.4 is 9.64 Å². The van der Waals surface area contributed by atoms with Gasteiger partial charge in [-0.15, -0.1) is 0 Å². The summed E-state index contributed by atoms with van der Waals surface area (Å²) in [6.07, 6.45) is 2.30. The number of ether oxygens (including phenoxy) is 1. The summed E-state index contributed by atoms with van der Waals surface area (Å²) in [6.45, 7) is 9.57. The number of benzene rings is 1. The van der Waals surface area contributed by atoms with Crippen molar-refractivity contribution in [2.45, 2.75) is 38.8 Å². The molecule has 2 amide bonds. The summed E-state index contributed by atoms with van der Waals surface area (Å²) in [5, 5.41) is 4.17. The molecule has 2 fully saturated rings. The molecule has 2 aromatic rings. The maximum atomic E-state index is 13.8. The molecule has 0 radical (unpaired) electrons. The van der Waals surface area contributed by atoms with Crippen molar-refractivity contribution in [2.75, 3.05) is 63.9 Å². The van der Waals surface area contributed by atoms with Gasteiger partial charge in [0.2, 0.25) is 10.9 Å². The van der Waals surface area contributed by atoms with Crippen LogP contribution in [0.25, 0.3) is 0 Å². The van der Waals surface area contributed by atoms with E-state index < -0.39 is 10.0 Å². The Balaban J connectivity index is 1.53. The van der Waals surface area contributed by atoms with Crippen LogP contribution in [0, 0.1) is 0 Å². The molecule has 1 aromatic heterocycles. The van der Waals surface area contributed by atoms with E-state index >= 15 is 0 Å². The zero-order chi connectivity index (χ0) is 26.6. The first-order valence-corrected chi connectivity index (χ1v) is 14.3. The monoisotopic (exact) mass is 532 g/mol. The van der Waals surface area contributed by atoms with Crippen molar-refractivity contribution in [2.24, 2.45) is 0 Å². The van der Waals surface area contributed by atoms with Crippen LogP contribution in [0.3, 0.4) is 0 Å². The molecule has 1 aromatic carbocycles. The predicted molar refractivity (Wildman–Crippen MR) is 139 cm³/mol. The number of nitrogens with zero attached hydrogens (tertiary/aromatic N) is 6. The molecule has 0 N–H and O–H groups in total. The third-order valence-electron chi connectivity index (χ3n) is 6.75. The highest BCUT2D eigenvalue weighted by Gasteiger charge is 2.37. The Bertz CT molecular complexity index is 1210. The first kappa shape index (κ1) is 26.9. The van der Waals surface area contributed by atoms with Crippen LogP contribution in [0.15, 0.2) is 35.5 Å². The van der Waals surface area contributed by atoms with E-state index in [0.29, 0.717) is 52.4 Å². The predicted octanol–water partition coefficient (Wildman–Crippen LogP) is 1.51. The summed E-state index contributed by atoms with van der Waals surface area (Å²) >= 11 is 0. The van der Waals surface area contributed by atoms with Gasteiger partial charge in [-0.1, -0.05) is 19.1 Å². The highest BCUT2D eigenvalue weighted by molar-refractivity contribution is 7.89. The Morgan fingerprint density at radius 3 is 2.22 bits per heavy atom. The Hall–Kier alpha value is -3.12. The van der Waals surface area contributed by atoms with E-state index in [1.807, 2.05) is 38.1 Å². The van der Waals surface area contributed by atoms with Gasteiger partial charge in [-0.25, -0.2) is 8.42 Å². The van der Waals surface area contributed by atoms with Crippen molar-refractivity contribution >= 4 is 27.5 Å². The molecule has 0 saturated carbocycles. The fraction of sp³-hybridized carbons (Fsp3) is 0.560. The lowest BCUT2D eigenvalue weighted by Gasteiger charge is -2.36. The van der Waals surface area contributed by atoms with Crippen LogP contribution in [0.1, 0.15) is 37.6 Å². The minimum absolute atomic E-state index is 0.0332. The van der Waals surface area contributed by atoms with Crippen LogP contribution in [0.2, 0.25) is 0 Å². The van der Waals surface area contributed by atoms with Gasteiger partial charge in [0.25, 0.3) is 15.9 Å². The Morgan fingerprint density at radius 1 is 0.946 bits per heavy atom. The Morgan fingerprint density at radius 2 is 1.59 bits per heavy atom. The van der Waals surface area contributed by atoms with Gasteiger partial charge in [-0.2, -0.15) is 9.40 Å². The second-order valence-electron chi connectivity index (χ2n) is 9.20. The molecular weight excluding hydrogens is 496 g/mol. The Kier molecular flexibility index (Phi) is 8.38. The highest BCUT2D eigenvalue weighted by Crippen LogP contribution is 2.30. The van der Waals surface area contributed by atoms with Crippen molar-refractivity contribution in [3.05, 3.63) is 36.0 Å². The molecule has 0 spiro atoms. The first-order valence-electron chi connectivity index (χ1n) is 12.8. The lowest BCUT2D eigenvalue weighted by atomic mass is 10.2. The summed E-state index contributed by atoms with van der Waals surface area (Å²) in [6, 6.07) is 7.75. The number of aromatic nitrogens is 2. The van der Waals surface area contributed by atoms with Gasteiger partial charge < -0.3 is 19.4 Å². The zero-order valence-corrected chi connectivity index (χ0v) is 22.6. The maximum Gasteiger partial charge on any atom is 0.263 e. The standard InChI is InChI=1S/C25H36N6O5S/c1-4-10-30-19-21(25(33)29-13-11-27(12-14-29)20(3)32)24(26-30)37(34,35)31-17-15-28(16-18-31)22-8-6-7-9-23(22)36-5-2/h6-9,19H,4-5,10-18H2,1-3H3. The summed E-state index contributed by atoms with van der Waals surface area (Å²) in [5.41, 5.74) is 1.03. The fourth-order valence-electron chi connectivity index (χ4n) is 4.77. The van der Waals surface area contributed by atoms with Gasteiger partial charge in [0.15, 0.2) is 0 Å². The van der Waals surface area contributed by atoms with Crippen molar-refractivity contribution in [1.82, 2.24) is 23.9 Å². The third-order valence-corrected chi connectivity index (χ3v) is 8.59. The van der Waals surface area contributed by atoms with E-state index in [-0.39, 0.29) is 35.5 Å². The molecule has 12 heteroatoms. The number of carbonyl (C=O) groups is 2. The quantitative estimate of drug-likeness (QED) is 0.507. The van der Waals surface area contributed by atoms with Crippen molar-refractivity contribution < 1.29 is 22.7 Å². The smallest absolute Gasteiger partial charge is 0.263 e. The number of aryl methyl sites for hydroxylation is 1. The minimum Gasteiger partial charge on any atom is -0.492 e. The minimum atomic E-state index is -3.99. The van der Waals surface area contributed by atoms with Crippen molar-refractivity contribution in [1.29, 1.82) is 0 Å². The summed E-state index contributed by atoms with van der Waals surface area (Å²) in [4.78, 5) is 30.5. The largest absolute Gasteiger partial charge is 0.492 e. The Labute approximate surface area is 218 Å². The van der Waals surface area contributed by atoms with E-state index in [1.165, 1.54) is 11.2 Å². The number of hydrogen-bond donors (Lipinski definition) is 0. The number of anilines is 1. The third kappa shape index (κ3) is 5.74. The number of rotatable bonds is 8. The summed E-state index contributed by atoms with van der Waals surface area (Å²) in [5.74, 6) is 0.375. The molecule has 37 heavy (non-hydrogen) atoms. The molecular formula is C25H36N6O5S. The van der Waals surface area contributed by atoms with Gasteiger partial charge in [-0.05, 0) is 25.5 Å². The lowest BCUT2D eigenvalue weighted by Crippen LogP contribution is -2.51. The van der Waals surface area contributed by atoms with E-state index in [2.05, 4.69) is 10.00 Å². The molecule has 4 rings (SSSR count). The van der Waals surface area contributed by atoms with E-state index in [0.717, 1.165) is 17.9 Å². The number of amides is 2. The van der Waals surface area contributed by atoms with Gasteiger partial charge in [0.05, 0.1) is 17.9 Å². The number of hydrogen-bond acceptors (Lipinski definition) is 7. The average Bonchev–Trinajstić information content (AvgIpc) is 3.34. The van der Waals surface area contributed by atoms with Crippen LogP contribution >= 0.6 is 0 Å². The van der Waals surface area contributed by atoms with Crippen LogP contribution in [-0.2, 0) is 21.4 Å². The number of carbonyl (C=O) groups excluding carboxylic acids is 2. The number of para-hydroxylation sites is 2. The molecule has 202 valence electrons. The molecule has 0 bridgehead atoms. The van der Waals surface area contributed by atoms with Gasteiger partial charge >= 0.3 is 0 Å². The number of sulfonamides is 1. The topological polar surface area (TPSA) is 108 Å². The molecule has 0 aliphatic carbocycles. The molecule has 2 aliphatic rings. The van der Waals surface area contributed by atoms with Crippen LogP contribution in [0.4, 0.5) is 5.69 Å². The average molecular weight is 533 g/mol. The first-order chi connectivity index (χ1) is 17.8. The second-order valence-corrected chi connectivity index (χ2v) is 11.1. The molecule has 3 heterocycles. The molecule has 0 unspecified atom stereocenters. The molecule has 2 saturated heterocycles. The van der Waals surface area contributed by atoms with E-state index in [1.54, 1.807) is 20.7 Å². The maximum absolute atomic E-state index is 13.8. The van der Waals surface area contributed by atoms with Gasteiger partial charge in [0.1, 0.15) is 5.75 Å². The summed E-state index contributed by atoms with van der Waals surface area (Å²) < 4.78 is 36.2. The van der Waals surface area contributed by atoms with E-state index in [9.17, 15) is 18.0 Å². The highest BCUT2D eigenvalue weighted by atomic mass is 32.2. The molecule has 11 nitrogen and oxygen atoms in total. The fourth-order valence-corrected chi connectivity index (χ4v) is 6.28. The van der Waals surface area contributed by atoms with Gasteiger partial charge in [-0.3, -0.25) is 14.3 Å². The normalized spacial score (nSPS) is 17.2. The SMILES string of the molecule is CCCn1cc(C(=O)N2CCN(C(C)=O)CC2)c(S(=O)(=O)N2CCN(c3ccccc3OCC)CC2)n1. The van der Waals surface area contributed by atoms with Crippen molar-refractivity contribution in [3.8, 4) is 5.75 Å². The van der Waals surface area contributed by atoms with Gasteiger partial charge in [0, 0.05) is 72.0 Å². The molecule has 0 atom stereocenters. The van der Waals surface area contributed by atoms with Crippen molar-refractivity contribution in [3.63, 3.8) is 0 Å². The number of piperazine rings is 2.